The number of nitrogens with zero attached hydrogens (tertiary/aromatic N) is 1. The summed E-state index contributed by atoms with van der Waals surface area (Å²) < 4.78 is 17.1. The van der Waals surface area contributed by atoms with Crippen LogP contribution in [-0.2, 0) is 16.0 Å². The van der Waals surface area contributed by atoms with Crippen LogP contribution in [0, 0.1) is 12.8 Å². The van der Waals surface area contributed by atoms with Crippen LogP contribution >= 0.6 is 11.3 Å². The van der Waals surface area contributed by atoms with Gasteiger partial charge in [-0.25, -0.2) is 4.98 Å². The zero-order valence-electron chi connectivity index (χ0n) is 25.0. The monoisotopic (exact) mass is 594 g/mol. The molecule has 4 rings (SSSR count). The van der Waals surface area contributed by atoms with E-state index in [-0.39, 0.29) is 28.8 Å². The maximum absolute atomic E-state index is 13.7. The fourth-order valence-electron chi connectivity index (χ4n) is 5.32. The van der Waals surface area contributed by atoms with Crippen molar-refractivity contribution in [1.82, 2.24) is 10.3 Å². The number of amides is 2. The van der Waals surface area contributed by atoms with Crippen molar-refractivity contribution < 1.29 is 23.8 Å². The summed E-state index contributed by atoms with van der Waals surface area (Å²) in [5.74, 6) is 1.13. The van der Waals surface area contributed by atoms with Crippen molar-refractivity contribution in [2.75, 3.05) is 32.0 Å². The SMILES string of the molecule is COc1cc2c(c(OC)c1OC)-c1ccc(NC(CC(C)C)C(=O)Nc3ncc(C)s3)c(=O)cc1C(NC(C)=O)CC2. The zero-order valence-corrected chi connectivity index (χ0v) is 25.9. The Morgan fingerprint density at radius 1 is 1.10 bits per heavy atom. The molecule has 0 aliphatic heterocycles. The molecule has 2 atom stereocenters. The minimum absolute atomic E-state index is 0.179. The van der Waals surface area contributed by atoms with Crippen LogP contribution < -0.4 is 35.6 Å². The third-order valence-corrected chi connectivity index (χ3v) is 7.95. The van der Waals surface area contributed by atoms with Gasteiger partial charge in [0.05, 0.1) is 33.1 Å². The molecule has 224 valence electrons. The van der Waals surface area contributed by atoms with Gasteiger partial charge in [0.1, 0.15) is 6.04 Å². The lowest BCUT2D eigenvalue weighted by atomic mass is 9.95. The summed E-state index contributed by atoms with van der Waals surface area (Å²) in [7, 11) is 4.66. The van der Waals surface area contributed by atoms with Crippen molar-refractivity contribution in [3.63, 3.8) is 0 Å². The molecule has 10 nitrogen and oxygen atoms in total. The van der Waals surface area contributed by atoms with Crippen LogP contribution in [0.25, 0.3) is 11.1 Å². The van der Waals surface area contributed by atoms with Crippen molar-refractivity contribution >= 4 is 34.0 Å². The Balaban J connectivity index is 1.86. The zero-order chi connectivity index (χ0) is 30.6. The van der Waals surface area contributed by atoms with E-state index in [2.05, 4.69) is 20.9 Å². The second kappa shape index (κ2) is 13.2. The van der Waals surface area contributed by atoms with Crippen molar-refractivity contribution in [1.29, 1.82) is 0 Å². The molecule has 2 unspecified atom stereocenters. The van der Waals surface area contributed by atoms with Gasteiger partial charge in [0.2, 0.25) is 23.0 Å². The van der Waals surface area contributed by atoms with Crippen molar-refractivity contribution in [2.24, 2.45) is 5.92 Å². The summed E-state index contributed by atoms with van der Waals surface area (Å²) in [6.45, 7) is 7.41. The maximum atomic E-state index is 13.7. The smallest absolute Gasteiger partial charge is 0.248 e. The molecule has 2 amide bonds. The first-order valence-corrected chi connectivity index (χ1v) is 14.6. The summed E-state index contributed by atoms with van der Waals surface area (Å²) in [6.07, 6.45) is 3.35. The number of anilines is 2. The van der Waals surface area contributed by atoms with Gasteiger partial charge in [-0.3, -0.25) is 14.4 Å². The Morgan fingerprint density at radius 2 is 1.83 bits per heavy atom. The lowest BCUT2D eigenvalue weighted by molar-refractivity contribution is -0.120. The molecule has 0 radical (unpaired) electrons. The van der Waals surface area contributed by atoms with Crippen LogP contribution in [0.3, 0.4) is 0 Å². The first kappa shape index (κ1) is 30.8. The van der Waals surface area contributed by atoms with E-state index in [1.54, 1.807) is 33.6 Å². The Kier molecular flexibility index (Phi) is 9.72. The Labute approximate surface area is 249 Å². The normalized spacial score (nSPS) is 14.6. The highest BCUT2D eigenvalue weighted by Crippen LogP contribution is 2.50. The van der Waals surface area contributed by atoms with E-state index in [0.29, 0.717) is 52.8 Å². The second-order valence-corrected chi connectivity index (χ2v) is 11.9. The molecule has 1 aromatic heterocycles. The fraction of sp³-hybridized carbons (Fsp3) is 0.419. The Bertz CT molecular complexity index is 1540. The third-order valence-electron chi connectivity index (χ3n) is 7.12. The standard InChI is InChI=1S/C31H38N4O6S/c1-16(2)12-24(30(38)35-31-32-15-17(3)42-31)34-23-11-9-20-21(14-25(23)37)22(33-18(4)36)10-8-19-13-26(39-5)28(40-6)29(41-7)27(19)20/h9,11,13-16,22,24H,8,10,12H2,1-7H3,(H,33,36)(H,34,37)(H,32,35,38). The number of aromatic nitrogens is 1. The molecule has 3 aromatic rings. The number of aryl methyl sites for hydroxylation is 2. The number of fused-ring (bicyclic) bond motifs is 3. The molecule has 42 heavy (non-hydrogen) atoms. The molecular formula is C31H38N4O6S. The molecular weight excluding hydrogens is 556 g/mol. The van der Waals surface area contributed by atoms with E-state index >= 15 is 0 Å². The van der Waals surface area contributed by atoms with Crippen molar-refractivity contribution in [3.05, 3.63) is 56.7 Å². The number of ether oxygens (including phenoxy) is 3. The molecule has 2 aromatic carbocycles. The first-order valence-electron chi connectivity index (χ1n) is 13.8. The van der Waals surface area contributed by atoms with Crippen LogP contribution in [-0.4, -0.2) is 44.2 Å². The minimum atomic E-state index is -0.679. The van der Waals surface area contributed by atoms with E-state index in [0.717, 1.165) is 16.0 Å². The molecule has 0 saturated heterocycles. The summed E-state index contributed by atoms with van der Waals surface area (Å²) in [5.41, 5.74) is 3.02. The van der Waals surface area contributed by atoms with Gasteiger partial charge in [-0.15, -0.1) is 11.3 Å². The quantitative estimate of drug-likeness (QED) is 0.296. The van der Waals surface area contributed by atoms with Crippen LogP contribution in [0.5, 0.6) is 17.2 Å². The number of thiazole rings is 1. The molecule has 3 N–H and O–H groups in total. The lowest BCUT2D eigenvalue weighted by Gasteiger charge is -2.20. The average molecular weight is 595 g/mol. The van der Waals surface area contributed by atoms with Gasteiger partial charge in [0.15, 0.2) is 16.6 Å². The maximum Gasteiger partial charge on any atom is 0.248 e. The van der Waals surface area contributed by atoms with Gasteiger partial charge < -0.3 is 30.2 Å². The third kappa shape index (κ3) is 6.67. The number of rotatable bonds is 10. The van der Waals surface area contributed by atoms with Crippen LogP contribution in [0.1, 0.15) is 55.7 Å². The minimum Gasteiger partial charge on any atom is -0.493 e. The van der Waals surface area contributed by atoms with Gasteiger partial charge in [-0.2, -0.15) is 0 Å². The molecule has 0 spiro atoms. The second-order valence-electron chi connectivity index (χ2n) is 10.7. The summed E-state index contributed by atoms with van der Waals surface area (Å²) in [4.78, 5) is 44.5. The Morgan fingerprint density at radius 3 is 2.43 bits per heavy atom. The van der Waals surface area contributed by atoms with Crippen LogP contribution in [0.4, 0.5) is 10.8 Å². The average Bonchev–Trinajstić information content (AvgIpc) is 3.21. The number of carbonyl (C=O) groups is 2. The Hall–Kier alpha value is -4.12. The van der Waals surface area contributed by atoms with Crippen LogP contribution in [0.2, 0.25) is 0 Å². The largest absolute Gasteiger partial charge is 0.493 e. The first-order chi connectivity index (χ1) is 20.1. The topological polar surface area (TPSA) is 128 Å². The number of hydrogen-bond donors (Lipinski definition) is 3. The highest BCUT2D eigenvalue weighted by atomic mass is 32.1. The van der Waals surface area contributed by atoms with Crippen molar-refractivity contribution in [2.45, 2.75) is 59.0 Å². The van der Waals surface area contributed by atoms with E-state index in [1.165, 1.54) is 24.3 Å². The van der Waals surface area contributed by atoms with Crippen LogP contribution in [0.15, 0.2) is 35.3 Å². The molecule has 1 heterocycles. The van der Waals surface area contributed by atoms with Gasteiger partial charge in [0.25, 0.3) is 0 Å². The number of hydrogen-bond acceptors (Lipinski definition) is 9. The van der Waals surface area contributed by atoms with Gasteiger partial charge in [0, 0.05) is 23.6 Å². The predicted octanol–water partition coefficient (Wildman–Crippen LogP) is 5.09. The highest BCUT2D eigenvalue weighted by molar-refractivity contribution is 7.15. The summed E-state index contributed by atoms with van der Waals surface area (Å²) >= 11 is 1.39. The molecule has 0 saturated carbocycles. The summed E-state index contributed by atoms with van der Waals surface area (Å²) in [6, 6.07) is 5.86. The lowest BCUT2D eigenvalue weighted by Crippen LogP contribution is -2.37. The number of methoxy groups -OCH3 is 3. The van der Waals surface area contributed by atoms with Gasteiger partial charge >= 0.3 is 0 Å². The van der Waals surface area contributed by atoms with Gasteiger partial charge in [-0.05, 0) is 67.0 Å². The highest BCUT2D eigenvalue weighted by Gasteiger charge is 2.30. The predicted molar refractivity (Wildman–Crippen MR) is 165 cm³/mol. The van der Waals surface area contributed by atoms with E-state index in [1.807, 2.05) is 32.9 Å². The number of nitrogens with one attached hydrogen (secondary N) is 3. The number of benzene rings is 1. The van der Waals surface area contributed by atoms with E-state index < -0.39 is 12.1 Å². The fourth-order valence-corrected chi connectivity index (χ4v) is 5.99. The summed E-state index contributed by atoms with van der Waals surface area (Å²) in [5, 5.41) is 9.59. The molecule has 11 heteroatoms. The van der Waals surface area contributed by atoms with E-state index in [9.17, 15) is 14.4 Å². The molecule has 0 bridgehead atoms. The number of carbonyl (C=O) groups excluding carboxylic acids is 2. The molecule has 0 fully saturated rings. The van der Waals surface area contributed by atoms with Crippen molar-refractivity contribution in [3.8, 4) is 28.4 Å². The molecule has 1 aliphatic carbocycles. The molecule has 1 aliphatic rings. The van der Waals surface area contributed by atoms with Gasteiger partial charge in [-0.1, -0.05) is 19.9 Å². The van der Waals surface area contributed by atoms with E-state index in [4.69, 9.17) is 14.2 Å².